The van der Waals surface area contributed by atoms with Gasteiger partial charge in [-0.15, -0.1) is 0 Å². The Morgan fingerprint density at radius 3 is 0.602 bits per heavy atom. The SMILES string of the molecule is CCCCCCCCCCCCCCCCCCCCC(=O)O[C@H](COC(=O)CCCCCCCCCCCCCCCCCC)COP(=O)(O)OC[C@@H](O)COP(=O)(O)OC[C@@H](COC(=O)CCCCCCCCCCC)OC(=O)CCCCCCCCCCCCCCCCC. The summed E-state index contributed by atoms with van der Waals surface area (Å²) in [6.45, 7) is 5.01. The normalized spacial score (nSPS) is 13.8. The van der Waals surface area contributed by atoms with Gasteiger partial charge in [-0.2, -0.15) is 0 Å². The second kappa shape index (κ2) is 73.4. The van der Waals surface area contributed by atoms with E-state index in [4.69, 9.17) is 37.0 Å². The summed E-state index contributed by atoms with van der Waals surface area (Å²) < 4.78 is 68.6. The van der Waals surface area contributed by atoms with Gasteiger partial charge in [-0.3, -0.25) is 37.3 Å². The van der Waals surface area contributed by atoms with Crippen LogP contribution in [0.2, 0.25) is 0 Å². The highest BCUT2D eigenvalue weighted by molar-refractivity contribution is 7.47. The van der Waals surface area contributed by atoms with Gasteiger partial charge >= 0.3 is 39.5 Å². The predicted molar refractivity (Wildman–Crippen MR) is 400 cm³/mol. The molecule has 0 spiro atoms. The smallest absolute Gasteiger partial charge is 0.462 e. The van der Waals surface area contributed by atoms with Gasteiger partial charge in [-0.1, -0.05) is 374 Å². The van der Waals surface area contributed by atoms with Crippen LogP contribution < -0.4 is 0 Å². The van der Waals surface area contributed by atoms with Crippen LogP contribution in [0.1, 0.15) is 426 Å². The summed E-state index contributed by atoms with van der Waals surface area (Å²) in [6.07, 6.45) is 65.1. The topological polar surface area (TPSA) is 237 Å². The molecule has 0 aromatic carbocycles. The number of ether oxygens (including phenoxy) is 4. The third kappa shape index (κ3) is 72.4. The van der Waals surface area contributed by atoms with E-state index in [-0.39, 0.29) is 25.7 Å². The Bertz CT molecular complexity index is 1860. The van der Waals surface area contributed by atoms with E-state index in [1.807, 2.05) is 0 Å². The number of unbranched alkanes of at least 4 members (excludes halogenated alkanes) is 54. The molecule has 0 radical (unpaired) electrons. The molecule has 98 heavy (non-hydrogen) atoms. The number of esters is 4. The molecular weight excluding hydrogens is 1280 g/mol. The summed E-state index contributed by atoms with van der Waals surface area (Å²) in [5, 5.41) is 10.6. The summed E-state index contributed by atoms with van der Waals surface area (Å²) in [4.78, 5) is 72.9. The quantitative estimate of drug-likeness (QED) is 0.0222. The summed E-state index contributed by atoms with van der Waals surface area (Å²) in [6, 6.07) is 0. The minimum Gasteiger partial charge on any atom is -0.462 e. The van der Waals surface area contributed by atoms with E-state index in [1.165, 1.54) is 257 Å². The van der Waals surface area contributed by atoms with Crippen LogP contribution in [0.5, 0.6) is 0 Å². The molecule has 0 heterocycles. The molecular formula is C79H154O17P2. The molecule has 19 heteroatoms. The van der Waals surface area contributed by atoms with Gasteiger partial charge in [0.2, 0.25) is 0 Å². The first kappa shape index (κ1) is 96.1. The molecule has 5 atom stereocenters. The minimum absolute atomic E-state index is 0.109. The van der Waals surface area contributed by atoms with Crippen LogP contribution in [-0.2, 0) is 65.4 Å². The zero-order valence-corrected chi connectivity index (χ0v) is 65.6. The first-order valence-electron chi connectivity index (χ1n) is 41.3. The van der Waals surface area contributed by atoms with Crippen molar-refractivity contribution in [2.45, 2.75) is 444 Å². The third-order valence-electron chi connectivity index (χ3n) is 18.6. The Kier molecular flexibility index (Phi) is 71.9. The number of phosphoric ester groups is 2. The first-order chi connectivity index (χ1) is 47.7. The van der Waals surface area contributed by atoms with Crippen molar-refractivity contribution in [2.75, 3.05) is 39.6 Å². The van der Waals surface area contributed by atoms with E-state index in [0.717, 1.165) is 89.9 Å². The van der Waals surface area contributed by atoms with E-state index in [1.54, 1.807) is 0 Å². The van der Waals surface area contributed by atoms with E-state index in [2.05, 4.69) is 27.7 Å². The maximum Gasteiger partial charge on any atom is 0.472 e. The fraction of sp³-hybridized carbons (Fsp3) is 0.949. The Balaban J connectivity index is 5.22. The van der Waals surface area contributed by atoms with Gasteiger partial charge in [0, 0.05) is 25.7 Å². The zero-order valence-electron chi connectivity index (χ0n) is 63.8. The Labute approximate surface area is 600 Å². The largest absolute Gasteiger partial charge is 0.472 e. The lowest BCUT2D eigenvalue weighted by Crippen LogP contribution is -2.30. The molecule has 582 valence electrons. The van der Waals surface area contributed by atoms with Crippen LogP contribution in [0.25, 0.3) is 0 Å². The monoisotopic (exact) mass is 1440 g/mol. The lowest BCUT2D eigenvalue weighted by molar-refractivity contribution is -0.161. The molecule has 0 fully saturated rings. The average Bonchev–Trinajstić information content (AvgIpc) is 1.59. The predicted octanol–water partition coefficient (Wildman–Crippen LogP) is 23.8. The van der Waals surface area contributed by atoms with Crippen molar-refractivity contribution in [3.05, 3.63) is 0 Å². The van der Waals surface area contributed by atoms with Crippen molar-refractivity contribution in [3.8, 4) is 0 Å². The van der Waals surface area contributed by atoms with Crippen molar-refractivity contribution < 1.29 is 80.2 Å². The molecule has 0 aliphatic carbocycles. The van der Waals surface area contributed by atoms with E-state index in [0.29, 0.717) is 25.7 Å². The molecule has 0 aromatic rings. The fourth-order valence-corrected chi connectivity index (χ4v) is 13.9. The van der Waals surface area contributed by atoms with Crippen molar-refractivity contribution >= 4 is 39.5 Å². The number of hydrogen-bond acceptors (Lipinski definition) is 15. The van der Waals surface area contributed by atoms with Crippen LogP contribution >= 0.6 is 15.6 Å². The number of aliphatic hydroxyl groups excluding tert-OH is 1. The van der Waals surface area contributed by atoms with Gasteiger partial charge < -0.3 is 33.8 Å². The van der Waals surface area contributed by atoms with Crippen molar-refractivity contribution in [1.29, 1.82) is 0 Å². The summed E-state index contributed by atoms with van der Waals surface area (Å²) in [5.41, 5.74) is 0. The molecule has 0 aromatic heterocycles. The highest BCUT2D eigenvalue weighted by Crippen LogP contribution is 2.45. The lowest BCUT2D eigenvalue weighted by Gasteiger charge is -2.21. The zero-order chi connectivity index (χ0) is 71.8. The molecule has 17 nitrogen and oxygen atoms in total. The number of hydrogen-bond donors (Lipinski definition) is 3. The Morgan fingerprint density at radius 2 is 0.408 bits per heavy atom. The molecule has 0 bridgehead atoms. The molecule has 0 aliphatic heterocycles. The standard InChI is InChI=1S/C79H154O17P2/c1-5-9-13-17-21-25-28-31-34-36-37-40-43-46-50-54-58-62-66-79(84)96-75(70-90-77(82)64-60-56-52-48-44-41-39-35-32-29-26-22-18-14-10-6-2)72-94-98(87,88)92-68-73(80)67-91-97(85,86)93-71-74(69-89-76(81)63-59-55-51-47-24-20-16-12-8-4)95-78(83)65-61-57-53-49-45-42-38-33-30-27-23-19-15-11-7-3/h73-75,80H,5-72H2,1-4H3,(H,85,86)(H,87,88)/t73-,74+,75+/m0/s1. The van der Waals surface area contributed by atoms with Crippen LogP contribution in [0.3, 0.4) is 0 Å². The molecule has 0 aliphatic rings. The summed E-state index contributed by atoms with van der Waals surface area (Å²) in [7, 11) is -9.91. The van der Waals surface area contributed by atoms with Crippen LogP contribution in [-0.4, -0.2) is 96.7 Å². The third-order valence-corrected chi connectivity index (χ3v) is 20.5. The number of aliphatic hydroxyl groups is 1. The maximum absolute atomic E-state index is 13.1. The van der Waals surface area contributed by atoms with Crippen LogP contribution in [0.15, 0.2) is 0 Å². The minimum atomic E-state index is -4.96. The number of carbonyl (C=O) groups excluding carboxylic acids is 4. The molecule has 0 saturated carbocycles. The first-order valence-corrected chi connectivity index (χ1v) is 44.3. The van der Waals surface area contributed by atoms with E-state index >= 15 is 0 Å². The second-order valence-corrected chi connectivity index (χ2v) is 31.4. The van der Waals surface area contributed by atoms with Crippen LogP contribution in [0.4, 0.5) is 0 Å². The van der Waals surface area contributed by atoms with Crippen molar-refractivity contribution in [2.24, 2.45) is 0 Å². The van der Waals surface area contributed by atoms with Gasteiger partial charge in [0.05, 0.1) is 26.4 Å². The second-order valence-electron chi connectivity index (χ2n) is 28.5. The van der Waals surface area contributed by atoms with Crippen LogP contribution in [0, 0.1) is 0 Å². The Morgan fingerprint density at radius 1 is 0.245 bits per heavy atom. The van der Waals surface area contributed by atoms with Gasteiger partial charge in [-0.25, -0.2) is 9.13 Å². The molecule has 3 N–H and O–H groups in total. The highest BCUT2D eigenvalue weighted by Gasteiger charge is 2.30. The van der Waals surface area contributed by atoms with Crippen molar-refractivity contribution in [1.82, 2.24) is 0 Å². The lowest BCUT2D eigenvalue weighted by atomic mass is 10.0. The number of phosphoric acid groups is 2. The van der Waals surface area contributed by atoms with E-state index in [9.17, 15) is 43.2 Å². The average molecular weight is 1440 g/mol. The van der Waals surface area contributed by atoms with Gasteiger partial charge in [0.15, 0.2) is 12.2 Å². The molecule has 0 saturated heterocycles. The number of carbonyl (C=O) groups is 4. The summed E-state index contributed by atoms with van der Waals surface area (Å²) >= 11 is 0. The summed E-state index contributed by atoms with van der Waals surface area (Å²) in [5.74, 6) is -2.11. The van der Waals surface area contributed by atoms with Crippen molar-refractivity contribution in [3.63, 3.8) is 0 Å². The molecule has 0 amide bonds. The van der Waals surface area contributed by atoms with Gasteiger partial charge in [0.1, 0.15) is 19.3 Å². The van der Waals surface area contributed by atoms with Gasteiger partial charge in [-0.05, 0) is 25.7 Å². The fourth-order valence-electron chi connectivity index (χ4n) is 12.3. The van der Waals surface area contributed by atoms with Gasteiger partial charge in [0.25, 0.3) is 0 Å². The Hall–Kier alpha value is -1.94. The molecule has 2 unspecified atom stereocenters. The highest BCUT2D eigenvalue weighted by atomic mass is 31.2. The van der Waals surface area contributed by atoms with E-state index < -0.39 is 97.5 Å². The molecule has 0 rings (SSSR count). The maximum atomic E-state index is 13.1. The number of rotatable bonds is 80.